The number of halogens is 1. The maximum atomic E-state index is 12.6. The van der Waals surface area contributed by atoms with Crippen LogP contribution in [0.3, 0.4) is 0 Å². The number of rotatable bonds is 3. The van der Waals surface area contributed by atoms with Crippen LogP contribution < -0.4 is 0 Å². The second kappa shape index (κ2) is 2.85. The molecular weight excluding hydrogens is 103 g/mol. The molecule has 1 atom stereocenters. The van der Waals surface area contributed by atoms with E-state index in [0.717, 1.165) is 0 Å². The molecule has 1 radical (unpaired) electrons. The Bertz CT molecular complexity index is 74.5. The molecule has 0 spiro atoms. The maximum Gasteiger partial charge on any atom is 0.114 e. The quantitative estimate of drug-likeness (QED) is 0.496. The second-order valence-electron chi connectivity index (χ2n) is 2.00. The summed E-state index contributed by atoms with van der Waals surface area (Å²) < 4.78 is 12.6. The first kappa shape index (κ1) is 7.67. The molecule has 47 valence electrons. The van der Waals surface area contributed by atoms with Crippen molar-refractivity contribution >= 4 is 0 Å². The minimum Gasteiger partial charge on any atom is -0.244 e. The number of alkyl halides is 1. The molecule has 0 N–H and O–H groups in total. The van der Waals surface area contributed by atoms with E-state index in [1.165, 1.54) is 0 Å². The van der Waals surface area contributed by atoms with Crippen molar-refractivity contribution in [2.75, 3.05) is 0 Å². The molecule has 0 heterocycles. The Morgan fingerprint density at radius 3 is 2.38 bits per heavy atom. The first-order valence-electron chi connectivity index (χ1n) is 2.77. The van der Waals surface area contributed by atoms with Gasteiger partial charge in [0.2, 0.25) is 0 Å². The molecule has 0 fully saturated rings. The molecule has 0 aromatic heterocycles. The largest absolute Gasteiger partial charge is 0.244 e. The zero-order valence-corrected chi connectivity index (χ0v) is 5.28. The van der Waals surface area contributed by atoms with Gasteiger partial charge in [-0.2, -0.15) is 0 Å². The monoisotopic (exact) mass is 115 g/mol. The summed E-state index contributed by atoms with van der Waals surface area (Å²) in [4.78, 5) is 0. The molecule has 0 rings (SSSR count). The fourth-order valence-corrected chi connectivity index (χ4v) is 0.403. The number of hydrogen-bond acceptors (Lipinski definition) is 0. The van der Waals surface area contributed by atoms with Crippen LogP contribution in [0, 0.1) is 6.92 Å². The van der Waals surface area contributed by atoms with Gasteiger partial charge in [-0.3, -0.25) is 0 Å². The zero-order valence-electron chi connectivity index (χ0n) is 5.28. The van der Waals surface area contributed by atoms with Gasteiger partial charge in [0.15, 0.2) is 0 Å². The molecule has 0 bridgehead atoms. The van der Waals surface area contributed by atoms with Gasteiger partial charge in [0, 0.05) is 0 Å². The SMILES string of the molecule is [CH2]C(F)(CC)CC=C. The molecule has 0 nitrogen and oxygen atoms in total. The van der Waals surface area contributed by atoms with Gasteiger partial charge in [0.1, 0.15) is 5.67 Å². The van der Waals surface area contributed by atoms with E-state index < -0.39 is 5.67 Å². The van der Waals surface area contributed by atoms with Gasteiger partial charge >= 0.3 is 0 Å². The van der Waals surface area contributed by atoms with E-state index in [0.29, 0.717) is 12.8 Å². The van der Waals surface area contributed by atoms with E-state index in [4.69, 9.17) is 0 Å². The Kier molecular flexibility index (Phi) is 2.74. The van der Waals surface area contributed by atoms with Crippen LogP contribution in [-0.4, -0.2) is 5.67 Å². The highest BCUT2D eigenvalue weighted by molar-refractivity contribution is 4.87. The van der Waals surface area contributed by atoms with Crippen LogP contribution >= 0.6 is 0 Å². The van der Waals surface area contributed by atoms with E-state index >= 15 is 0 Å². The van der Waals surface area contributed by atoms with Gasteiger partial charge in [0.25, 0.3) is 0 Å². The van der Waals surface area contributed by atoms with Crippen molar-refractivity contribution in [1.29, 1.82) is 0 Å². The summed E-state index contributed by atoms with van der Waals surface area (Å²) in [5, 5.41) is 0. The van der Waals surface area contributed by atoms with E-state index in [1.54, 1.807) is 13.0 Å². The van der Waals surface area contributed by atoms with Gasteiger partial charge in [0.05, 0.1) is 0 Å². The normalized spacial score (nSPS) is 17.4. The summed E-state index contributed by atoms with van der Waals surface area (Å²) in [5.41, 5.74) is -1.28. The van der Waals surface area contributed by atoms with Crippen molar-refractivity contribution in [3.05, 3.63) is 19.6 Å². The predicted octanol–water partition coefficient (Wildman–Crippen LogP) is 2.51. The fraction of sp³-hybridized carbons (Fsp3) is 0.571. The molecule has 0 amide bonds. The minimum atomic E-state index is -1.28. The lowest BCUT2D eigenvalue weighted by molar-refractivity contribution is 0.222. The zero-order chi connectivity index (χ0) is 6.62. The summed E-state index contributed by atoms with van der Waals surface area (Å²) in [7, 11) is 0. The van der Waals surface area contributed by atoms with Crippen LogP contribution in [0.15, 0.2) is 12.7 Å². The average molecular weight is 115 g/mol. The molecule has 0 aromatic rings. The van der Waals surface area contributed by atoms with Crippen LogP contribution in [0.1, 0.15) is 19.8 Å². The average Bonchev–Trinajstić information content (AvgIpc) is 1.67. The minimum absolute atomic E-state index is 0.351. The van der Waals surface area contributed by atoms with Crippen LogP contribution in [0.4, 0.5) is 4.39 Å². The third-order valence-corrected chi connectivity index (χ3v) is 1.14. The molecule has 0 saturated heterocycles. The Morgan fingerprint density at radius 2 is 2.25 bits per heavy atom. The molecule has 0 aromatic carbocycles. The third kappa shape index (κ3) is 2.78. The lowest BCUT2D eigenvalue weighted by Crippen LogP contribution is -2.14. The number of allylic oxidation sites excluding steroid dienone is 1. The van der Waals surface area contributed by atoms with E-state index in [-0.39, 0.29) is 0 Å². The first-order valence-corrected chi connectivity index (χ1v) is 2.77. The molecular formula is C7H12F. The first-order chi connectivity index (χ1) is 3.62. The van der Waals surface area contributed by atoms with Crippen molar-refractivity contribution in [2.45, 2.75) is 25.4 Å². The Morgan fingerprint density at radius 1 is 1.75 bits per heavy atom. The highest BCUT2D eigenvalue weighted by Crippen LogP contribution is 2.18. The van der Waals surface area contributed by atoms with E-state index in [1.807, 2.05) is 0 Å². The van der Waals surface area contributed by atoms with Crippen molar-refractivity contribution in [1.82, 2.24) is 0 Å². The number of hydrogen-bond donors (Lipinski definition) is 0. The van der Waals surface area contributed by atoms with Crippen molar-refractivity contribution in [2.24, 2.45) is 0 Å². The molecule has 0 aliphatic rings. The smallest absolute Gasteiger partial charge is 0.114 e. The van der Waals surface area contributed by atoms with Gasteiger partial charge in [-0.25, -0.2) is 4.39 Å². The highest BCUT2D eigenvalue weighted by Gasteiger charge is 2.17. The van der Waals surface area contributed by atoms with E-state index in [9.17, 15) is 4.39 Å². The van der Waals surface area contributed by atoms with Crippen molar-refractivity contribution in [3.8, 4) is 0 Å². The van der Waals surface area contributed by atoms with Crippen LogP contribution in [0.5, 0.6) is 0 Å². The second-order valence-corrected chi connectivity index (χ2v) is 2.00. The van der Waals surface area contributed by atoms with Crippen molar-refractivity contribution < 1.29 is 4.39 Å². The van der Waals surface area contributed by atoms with Crippen LogP contribution in [0.25, 0.3) is 0 Å². The standard InChI is InChI=1S/C7H12F/c1-4-6-7(3,8)5-2/h4H,1,3,5-6H2,2H3. The highest BCUT2D eigenvalue weighted by atomic mass is 19.1. The van der Waals surface area contributed by atoms with Gasteiger partial charge in [-0.1, -0.05) is 13.0 Å². The summed E-state index contributed by atoms with van der Waals surface area (Å²) in [6, 6.07) is 0. The van der Waals surface area contributed by atoms with Crippen LogP contribution in [0.2, 0.25) is 0 Å². The molecule has 0 aliphatic carbocycles. The summed E-state index contributed by atoms with van der Waals surface area (Å²) >= 11 is 0. The summed E-state index contributed by atoms with van der Waals surface area (Å²) in [5.74, 6) is 0. The predicted molar refractivity (Wildman–Crippen MR) is 34.3 cm³/mol. The maximum absolute atomic E-state index is 12.6. The third-order valence-electron chi connectivity index (χ3n) is 1.14. The lowest BCUT2D eigenvalue weighted by Gasteiger charge is -2.13. The Labute approximate surface area is 50.4 Å². The summed E-state index contributed by atoms with van der Waals surface area (Å²) in [6.45, 7) is 8.53. The van der Waals surface area contributed by atoms with Gasteiger partial charge < -0.3 is 0 Å². The Hall–Kier alpha value is -0.330. The lowest BCUT2D eigenvalue weighted by atomic mass is 10.0. The van der Waals surface area contributed by atoms with Gasteiger partial charge in [-0.05, 0) is 19.8 Å². The summed E-state index contributed by atoms with van der Waals surface area (Å²) in [6.07, 6.45) is 2.36. The topological polar surface area (TPSA) is 0 Å². The molecule has 1 unspecified atom stereocenters. The van der Waals surface area contributed by atoms with E-state index in [2.05, 4.69) is 13.5 Å². The van der Waals surface area contributed by atoms with Gasteiger partial charge in [-0.15, -0.1) is 6.58 Å². The van der Waals surface area contributed by atoms with Crippen LogP contribution in [-0.2, 0) is 0 Å². The molecule has 0 aliphatic heterocycles. The Balaban J connectivity index is 3.53. The molecule has 0 saturated carbocycles. The molecule has 8 heavy (non-hydrogen) atoms. The fourth-order valence-electron chi connectivity index (χ4n) is 0.403. The van der Waals surface area contributed by atoms with Crippen molar-refractivity contribution in [3.63, 3.8) is 0 Å². The molecule has 1 heteroatoms.